The van der Waals surface area contributed by atoms with Crippen molar-refractivity contribution in [1.82, 2.24) is 5.32 Å². The van der Waals surface area contributed by atoms with Crippen molar-refractivity contribution in [2.24, 2.45) is 0 Å². The topological polar surface area (TPSA) is 29.1 Å². The highest BCUT2D eigenvalue weighted by Gasteiger charge is 2.19. The van der Waals surface area contributed by atoms with Crippen molar-refractivity contribution in [2.75, 3.05) is 13.1 Å². The van der Waals surface area contributed by atoms with Gasteiger partial charge in [0.05, 0.1) is 0 Å². The largest absolute Gasteiger partial charge is 0.312 e. The number of carbonyl (C=O) groups excluding carboxylic acids is 1. The molecule has 2 aliphatic heterocycles. The molecule has 0 aromatic rings. The Morgan fingerprint density at radius 3 is 3.08 bits per heavy atom. The summed E-state index contributed by atoms with van der Waals surface area (Å²) in [7, 11) is 0. The Labute approximate surface area is 76.1 Å². The fourth-order valence-corrected chi connectivity index (χ4v) is 2.32. The first kappa shape index (κ1) is 8.08. The van der Waals surface area contributed by atoms with Gasteiger partial charge < -0.3 is 5.32 Å². The molecule has 0 amide bonds. The lowest BCUT2D eigenvalue weighted by atomic mass is 10.0. The summed E-state index contributed by atoms with van der Waals surface area (Å²) in [6.07, 6.45) is 3.72. The first-order valence-electron chi connectivity index (χ1n) is 4.15. The van der Waals surface area contributed by atoms with Crippen molar-refractivity contribution in [3.8, 4) is 0 Å². The first-order chi connectivity index (χ1) is 5.88. The zero-order valence-electron chi connectivity index (χ0n) is 6.80. The van der Waals surface area contributed by atoms with Gasteiger partial charge in [-0.05, 0) is 11.8 Å². The number of carbonyl (C=O) groups is 1. The van der Waals surface area contributed by atoms with Gasteiger partial charge in [-0.15, -0.1) is 11.8 Å². The van der Waals surface area contributed by atoms with E-state index in [9.17, 15) is 4.79 Å². The molecule has 0 bridgehead atoms. The van der Waals surface area contributed by atoms with Gasteiger partial charge in [-0.1, -0.05) is 6.08 Å². The Morgan fingerprint density at radius 2 is 2.42 bits per heavy atom. The van der Waals surface area contributed by atoms with Gasteiger partial charge in [0.15, 0.2) is 5.78 Å². The second-order valence-electron chi connectivity index (χ2n) is 2.95. The molecule has 0 aliphatic carbocycles. The molecule has 1 N–H and O–H groups in total. The van der Waals surface area contributed by atoms with E-state index in [0.29, 0.717) is 12.2 Å². The number of piperidine rings is 1. The van der Waals surface area contributed by atoms with Crippen LogP contribution in [0.25, 0.3) is 0 Å². The van der Waals surface area contributed by atoms with E-state index in [1.54, 1.807) is 11.8 Å². The van der Waals surface area contributed by atoms with E-state index in [1.807, 2.05) is 0 Å². The number of hydrogen-bond donors (Lipinski definition) is 1. The minimum atomic E-state index is 0.333. The Hall–Kier alpha value is -0.540. The van der Waals surface area contributed by atoms with E-state index in [2.05, 4.69) is 16.8 Å². The molecule has 1 fully saturated rings. The van der Waals surface area contributed by atoms with Crippen molar-refractivity contribution in [1.29, 1.82) is 0 Å². The van der Waals surface area contributed by atoms with Crippen molar-refractivity contribution >= 4 is 17.5 Å². The third-order valence-electron chi connectivity index (χ3n) is 2.11. The fourth-order valence-electron chi connectivity index (χ4n) is 1.45. The maximum atomic E-state index is 11.4. The Kier molecular flexibility index (Phi) is 2.33. The molecule has 12 heavy (non-hydrogen) atoms. The molecule has 3 heteroatoms. The summed E-state index contributed by atoms with van der Waals surface area (Å²) in [4.78, 5) is 12.7. The molecule has 1 saturated heterocycles. The van der Waals surface area contributed by atoms with Crippen LogP contribution >= 0.6 is 11.8 Å². The van der Waals surface area contributed by atoms with Gasteiger partial charge in [0.2, 0.25) is 0 Å². The SMILES string of the molecule is O=C1CCNCC1=C1CC=CS1. The zero-order valence-corrected chi connectivity index (χ0v) is 7.62. The first-order valence-corrected chi connectivity index (χ1v) is 5.03. The summed E-state index contributed by atoms with van der Waals surface area (Å²) < 4.78 is 0. The summed E-state index contributed by atoms with van der Waals surface area (Å²) in [6.45, 7) is 1.61. The fraction of sp³-hybridized carbons (Fsp3) is 0.444. The van der Waals surface area contributed by atoms with Crippen LogP contribution in [0.15, 0.2) is 22.0 Å². The standard InChI is InChI=1S/C9H11NOS/c11-8-3-4-10-6-7(8)9-2-1-5-12-9/h1,5,10H,2-4,6H2. The summed E-state index contributed by atoms with van der Waals surface area (Å²) in [5.74, 6) is 0.333. The molecule has 2 heterocycles. The lowest BCUT2D eigenvalue weighted by Crippen LogP contribution is -2.31. The van der Waals surface area contributed by atoms with Crippen LogP contribution in [0.3, 0.4) is 0 Å². The Morgan fingerprint density at radius 1 is 1.50 bits per heavy atom. The van der Waals surface area contributed by atoms with E-state index < -0.39 is 0 Å². The summed E-state index contributed by atoms with van der Waals surface area (Å²) in [5.41, 5.74) is 1.01. The zero-order chi connectivity index (χ0) is 8.39. The molecular formula is C9H11NOS. The monoisotopic (exact) mass is 181 g/mol. The lowest BCUT2D eigenvalue weighted by molar-refractivity contribution is -0.116. The number of hydrogen-bond acceptors (Lipinski definition) is 3. The van der Waals surface area contributed by atoms with Crippen molar-refractivity contribution in [3.05, 3.63) is 22.0 Å². The predicted molar refractivity (Wildman–Crippen MR) is 50.9 cm³/mol. The van der Waals surface area contributed by atoms with Crippen LogP contribution in [0.2, 0.25) is 0 Å². The second-order valence-corrected chi connectivity index (χ2v) is 3.95. The normalized spacial score (nSPS) is 29.8. The maximum absolute atomic E-state index is 11.4. The van der Waals surface area contributed by atoms with Gasteiger partial charge in [0.1, 0.15) is 0 Å². The average Bonchev–Trinajstić information content (AvgIpc) is 2.57. The molecule has 0 aromatic heterocycles. The molecule has 64 valence electrons. The van der Waals surface area contributed by atoms with Gasteiger partial charge >= 0.3 is 0 Å². The second kappa shape index (κ2) is 3.46. The Balaban J connectivity index is 2.19. The van der Waals surface area contributed by atoms with Gasteiger partial charge in [0, 0.05) is 30.0 Å². The number of allylic oxidation sites excluding steroid dienone is 2. The van der Waals surface area contributed by atoms with Crippen LogP contribution in [0.1, 0.15) is 12.8 Å². The molecule has 2 rings (SSSR count). The van der Waals surface area contributed by atoms with E-state index in [1.165, 1.54) is 4.91 Å². The quantitative estimate of drug-likeness (QED) is 0.573. The molecule has 0 aromatic carbocycles. The smallest absolute Gasteiger partial charge is 0.162 e. The third kappa shape index (κ3) is 1.47. The van der Waals surface area contributed by atoms with Crippen LogP contribution in [0.5, 0.6) is 0 Å². The van der Waals surface area contributed by atoms with Crippen LogP contribution in [0.4, 0.5) is 0 Å². The minimum Gasteiger partial charge on any atom is -0.312 e. The maximum Gasteiger partial charge on any atom is 0.162 e. The molecule has 0 atom stereocenters. The van der Waals surface area contributed by atoms with Crippen molar-refractivity contribution < 1.29 is 4.79 Å². The highest BCUT2D eigenvalue weighted by atomic mass is 32.2. The molecule has 0 spiro atoms. The third-order valence-corrected chi connectivity index (χ3v) is 3.14. The highest BCUT2D eigenvalue weighted by molar-refractivity contribution is 8.06. The Bertz CT molecular complexity index is 258. The summed E-state index contributed by atoms with van der Waals surface area (Å²) in [6, 6.07) is 0. The van der Waals surface area contributed by atoms with Crippen molar-refractivity contribution in [2.45, 2.75) is 12.8 Å². The molecule has 0 saturated carbocycles. The number of ketones is 1. The number of nitrogens with one attached hydrogen (secondary N) is 1. The highest BCUT2D eigenvalue weighted by Crippen LogP contribution is 2.32. The molecular weight excluding hydrogens is 170 g/mol. The van der Waals surface area contributed by atoms with Gasteiger partial charge in [-0.3, -0.25) is 4.79 Å². The van der Waals surface area contributed by atoms with Crippen LogP contribution in [-0.2, 0) is 4.79 Å². The van der Waals surface area contributed by atoms with Crippen molar-refractivity contribution in [3.63, 3.8) is 0 Å². The van der Waals surface area contributed by atoms with Crippen LogP contribution in [-0.4, -0.2) is 18.9 Å². The summed E-state index contributed by atoms with van der Waals surface area (Å²) >= 11 is 1.69. The van der Waals surface area contributed by atoms with E-state index in [-0.39, 0.29) is 0 Å². The molecule has 0 unspecified atom stereocenters. The van der Waals surface area contributed by atoms with E-state index in [0.717, 1.165) is 25.1 Å². The lowest BCUT2D eigenvalue weighted by Gasteiger charge is -2.16. The van der Waals surface area contributed by atoms with Gasteiger partial charge in [0.25, 0.3) is 0 Å². The van der Waals surface area contributed by atoms with Crippen LogP contribution in [0, 0.1) is 0 Å². The summed E-state index contributed by atoms with van der Waals surface area (Å²) in [5, 5.41) is 5.28. The van der Waals surface area contributed by atoms with Crippen LogP contribution < -0.4 is 5.32 Å². The van der Waals surface area contributed by atoms with Gasteiger partial charge in [-0.25, -0.2) is 0 Å². The minimum absolute atomic E-state index is 0.333. The average molecular weight is 181 g/mol. The van der Waals surface area contributed by atoms with E-state index >= 15 is 0 Å². The molecule has 2 nitrogen and oxygen atoms in total. The number of rotatable bonds is 0. The predicted octanol–water partition coefficient (Wildman–Crippen LogP) is 1.45. The van der Waals surface area contributed by atoms with Gasteiger partial charge in [-0.2, -0.15) is 0 Å². The number of thioether (sulfide) groups is 1. The molecule has 2 aliphatic rings. The molecule has 0 radical (unpaired) electrons. The van der Waals surface area contributed by atoms with E-state index in [4.69, 9.17) is 0 Å². The number of Topliss-reactive ketones (excluding diaryl/α,β-unsaturated/α-hetero) is 1.